The first-order valence-electron chi connectivity index (χ1n) is 4.75. The highest BCUT2D eigenvalue weighted by molar-refractivity contribution is 4.76. The van der Waals surface area contributed by atoms with Gasteiger partial charge in [0, 0.05) is 19.1 Å². The van der Waals surface area contributed by atoms with Gasteiger partial charge in [-0.2, -0.15) is 0 Å². The number of likely N-dealkylation sites (N-methyl/N-ethyl adjacent to an activating group) is 1. The van der Waals surface area contributed by atoms with Crippen LogP contribution in [0.5, 0.6) is 0 Å². The molecule has 2 nitrogen and oxygen atoms in total. The molecule has 0 aromatic rings. The Bertz CT molecular complexity index is 95.0. The van der Waals surface area contributed by atoms with Crippen molar-refractivity contribution in [2.45, 2.75) is 32.2 Å². The second kappa shape index (κ2) is 4.73. The van der Waals surface area contributed by atoms with E-state index in [2.05, 4.69) is 24.2 Å². The monoisotopic (exact) mass is 156 g/mol. The van der Waals surface area contributed by atoms with E-state index in [0.29, 0.717) is 0 Å². The van der Waals surface area contributed by atoms with Gasteiger partial charge in [-0.1, -0.05) is 13.3 Å². The summed E-state index contributed by atoms with van der Waals surface area (Å²) in [5.74, 6) is 0. The minimum absolute atomic E-state index is 0.847. The predicted octanol–water partition coefficient (Wildman–Crippen LogP) is 1.08. The summed E-state index contributed by atoms with van der Waals surface area (Å²) < 4.78 is 0. The second-order valence-electron chi connectivity index (χ2n) is 3.48. The van der Waals surface area contributed by atoms with Crippen molar-refractivity contribution in [2.75, 3.05) is 26.7 Å². The van der Waals surface area contributed by atoms with E-state index in [1.54, 1.807) is 0 Å². The summed E-state index contributed by atoms with van der Waals surface area (Å²) in [5, 5.41) is 3.54. The maximum atomic E-state index is 3.54. The van der Waals surface area contributed by atoms with Gasteiger partial charge in [-0.3, -0.25) is 0 Å². The molecule has 1 saturated carbocycles. The number of hydrogen-bond donors (Lipinski definition) is 1. The van der Waals surface area contributed by atoms with Crippen LogP contribution in [0.15, 0.2) is 0 Å². The SMILES string of the molecule is CCN(C)CCNC1CCC1. The number of nitrogens with zero attached hydrogens (tertiary/aromatic N) is 1. The molecular weight excluding hydrogens is 136 g/mol. The zero-order valence-corrected chi connectivity index (χ0v) is 7.77. The standard InChI is InChI=1S/C9H20N2/c1-3-11(2)8-7-10-9-5-4-6-9/h9-10H,3-8H2,1-2H3. The highest BCUT2D eigenvalue weighted by atomic mass is 15.1. The Morgan fingerprint density at radius 2 is 2.18 bits per heavy atom. The molecule has 0 heterocycles. The Kier molecular flexibility index (Phi) is 3.87. The molecule has 2 heteroatoms. The quantitative estimate of drug-likeness (QED) is 0.641. The van der Waals surface area contributed by atoms with Gasteiger partial charge in [0.15, 0.2) is 0 Å². The van der Waals surface area contributed by atoms with Gasteiger partial charge in [-0.25, -0.2) is 0 Å². The van der Waals surface area contributed by atoms with E-state index < -0.39 is 0 Å². The first kappa shape index (κ1) is 9.01. The first-order chi connectivity index (χ1) is 5.33. The van der Waals surface area contributed by atoms with Crippen molar-refractivity contribution in [3.63, 3.8) is 0 Å². The van der Waals surface area contributed by atoms with Gasteiger partial charge in [-0.15, -0.1) is 0 Å². The molecule has 0 amide bonds. The van der Waals surface area contributed by atoms with Crippen molar-refractivity contribution in [1.82, 2.24) is 10.2 Å². The zero-order chi connectivity index (χ0) is 8.10. The van der Waals surface area contributed by atoms with E-state index in [-0.39, 0.29) is 0 Å². The fourth-order valence-corrected chi connectivity index (χ4v) is 1.23. The molecule has 1 aliphatic carbocycles. The third-order valence-electron chi connectivity index (χ3n) is 2.57. The fraction of sp³-hybridized carbons (Fsp3) is 1.00. The molecule has 1 N–H and O–H groups in total. The van der Waals surface area contributed by atoms with Crippen LogP contribution in [0.3, 0.4) is 0 Å². The molecule has 0 bridgehead atoms. The Morgan fingerprint density at radius 1 is 1.45 bits per heavy atom. The summed E-state index contributed by atoms with van der Waals surface area (Å²) in [5.41, 5.74) is 0. The molecular formula is C9H20N2. The zero-order valence-electron chi connectivity index (χ0n) is 7.77. The molecule has 0 radical (unpaired) electrons. The summed E-state index contributed by atoms with van der Waals surface area (Å²) in [6.45, 7) is 5.71. The van der Waals surface area contributed by atoms with Crippen LogP contribution >= 0.6 is 0 Å². The maximum absolute atomic E-state index is 3.54. The average Bonchev–Trinajstić information content (AvgIpc) is 1.94. The molecule has 0 saturated heterocycles. The molecule has 0 aromatic carbocycles. The Balaban J connectivity index is 1.86. The third-order valence-corrected chi connectivity index (χ3v) is 2.57. The minimum atomic E-state index is 0.847. The smallest absolute Gasteiger partial charge is 0.0104 e. The van der Waals surface area contributed by atoms with E-state index in [1.165, 1.54) is 25.8 Å². The number of nitrogens with one attached hydrogen (secondary N) is 1. The number of hydrogen-bond acceptors (Lipinski definition) is 2. The summed E-state index contributed by atoms with van der Waals surface area (Å²) in [6.07, 6.45) is 4.23. The maximum Gasteiger partial charge on any atom is 0.0104 e. The lowest BCUT2D eigenvalue weighted by Crippen LogP contribution is -2.39. The van der Waals surface area contributed by atoms with Crippen LogP contribution in [-0.4, -0.2) is 37.6 Å². The van der Waals surface area contributed by atoms with E-state index >= 15 is 0 Å². The van der Waals surface area contributed by atoms with E-state index in [1.807, 2.05) is 0 Å². The van der Waals surface area contributed by atoms with Crippen LogP contribution in [0.25, 0.3) is 0 Å². The van der Waals surface area contributed by atoms with E-state index in [9.17, 15) is 0 Å². The van der Waals surface area contributed by atoms with Crippen LogP contribution in [0.2, 0.25) is 0 Å². The Hall–Kier alpha value is -0.0800. The topological polar surface area (TPSA) is 15.3 Å². The lowest BCUT2D eigenvalue weighted by molar-refractivity contribution is 0.298. The van der Waals surface area contributed by atoms with Crippen LogP contribution < -0.4 is 5.32 Å². The highest BCUT2D eigenvalue weighted by Gasteiger charge is 2.15. The summed E-state index contributed by atoms with van der Waals surface area (Å²) in [4.78, 5) is 2.34. The largest absolute Gasteiger partial charge is 0.313 e. The second-order valence-corrected chi connectivity index (χ2v) is 3.48. The molecule has 0 atom stereocenters. The highest BCUT2D eigenvalue weighted by Crippen LogP contribution is 2.17. The van der Waals surface area contributed by atoms with Crippen molar-refractivity contribution in [1.29, 1.82) is 0 Å². The lowest BCUT2D eigenvalue weighted by atomic mass is 9.93. The van der Waals surface area contributed by atoms with Gasteiger partial charge in [0.1, 0.15) is 0 Å². The van der Waals surface area contributed by atoms with Crippen LogP contribution in [0, 0.1) is 0 Å². The van der Waals surface area contributed by atoms with Gasteiger partial charge in [0.05, 0.1) is 0 Å². The Labute approximate surface area is 70.0 Å². The Morgan fingerprint density at radius 3 is 2.64 bits per heavy atom. The molecule has 1 aliphatic rings. The van der Waals surface area contributed by atoms with Crippen molar-refractivity contribution >= 4 is 0 Å². The third kappa shape index (κ3) is 3.21. The molecule has 0 aliphatic heterocycles. The van der Waals surface area contributed by atoms with Crippen LogP contribution in [-0.2, 0) is 0 Å². The normalized spacial score (nSPS) is 18.8. The van der Waals surface area contributed by atoms with Gasteiger partial charge in [0.25, 0.3) is 0 Å². The average molecular weight is 156 g/mol. The van der Waals surface area contributed by atoms with Crippen molar-refractivity contribution in [3.8, 4) is 0 Å². The van der Waals surface area contributed by atoms with Gasteiger partial charge in [-0.05, 0) is 26.4 Å². The van der Waals surface area contributed by atoms with Crippen LogP contribution in [0.4, 0.5) is 0 Å². The van der Waals surface area contributed by atoms with Gasteiger partial charge < -0.3 is 10.2 Å². The summed E-state index contributed by atoms with van der Waals surface area (Å²) in [6, 6.07) is 0.847. The molecule has 0 unspecified atom stereocenters. The molecule has 0 aromatic heterocycles. The fourth-order valence-electron chi connectivity index (χ4n) is 1.23. The van der Waals surface area contributed by atoms with E-state index in [4.69, 9.17) is 0 Å². The molecule has 11 heavy (non-hydrogen) atoms. The first-order valence-corrected chi connectivity index (χ1v) is 4.75. The van der Waals surface area contributed by atoms with E-state index in [0.717, 1.165) is 19.1 Å². The van der Waals surface area contributed by atoms with Crippen molar-refractivity contribution < 1.29 is 0 Å². The van der Waals surface area contributed by atoms with Crippen molar-refractivity contribution in [2.24, 2.45) is 0 Å². The predicted molar refractivity (Wildman–Crippen MR) is 48.8 cm³/mol. The molecule has 1 rings (SSSR count). The van der Waals surface area contributed by atoms with Gasteiger partial charge >= 0.3 is 0 Å². The number of rotatable bonds is 5. The summed E-state index contributed by atoms with van der Waals surface area (Å²) >= 11 is 0. The van der Waals surface area contributed by atoms with Crippen molar-refractivity contribution in [3.05, 3.63) is 0 Å². The van der Waals surface area contributed by atoms with Gasteiger partial charge in [0.2, 0.25) is 0 Å². The summed E-state index contributed by atoms with van der Waals surface area (Å²) in [7, 11) is 2.17. The minimum Gasteiger partial charge on any atom is -0.313 e. The molecule has 0 spiro atoms. The molecule has 1 fully saturated rings. The lowest BCUT2D eigenvalue weighted by Gasteiger charge is -2.27. The molecule has 66 valence electrons. The van der Waals surface area contributed by atoms with Crippen LogP contribution in [0.1, 0.15) is 26.2 Å².